The number of rotatable bonds is 2. The van der Waals surface area contributed by atoms with Gasteiger partial charge in [0.2, 0.25) is 5.96 Å². The minimum atomic E-state index is -3.83. The standard InChI is InChI=1S/C13H10Cl2N4O2S/c14-9-5-11-12(6-10(9)15)22(20,21)19-13(18-11)17-7-8-1-3-16-4-2-8/h1-6H,7H2,(H2,17,18,19). The molecular formula is C13H10Cl2N4O2S. The molecule has 1 aliphatic rings. The number of guanidine groups is 1. The van der Waals surface area contributed by atoms with Crippen molar-refractivity contribution in [1.29, 1.82) is 0 Å². The molecule has 1 aromatic heterocycles. The second kappa shape index (κ2) is 5.75. The maximum absolute atomic E-state index is 12.2. The zero-order chi connectivity index (χ0) is 15.7. The molecule has 1 aliphatic heterocycles. The highest BCUT2D eigenvalue weighted by atomic mass is 35.5. The number of hydrogen-bond acceptors (Lipinski definition) is 5. The van der Waals surface area contributed by atoms with Crippen molar-refractivity contribution in [2.45, 2.75) is 11.4 Å². The highest BCUT2D eigenvalue weighted by molar-refractivity contribution is 7.90. The molecule has 0 saturated carbocycles. The lowest BCUT2D eigenvalue weighted by Crippen LogP contribution is -2.34. The molecule has 0 aliphatic carbocycles. The van der Waals surface area contributed by atoms with Gasteiger partial charge in [0.1, 0.15) is 4.90 Å². The van der Waals surface area contributed by atoms with Gasteiger partial charge in [0, 0.05) is 18.9 Å². The molecule has 2 aromatic rings. The maximum atomic E-state index is 12.2. The maximum Gasteiger partial charge on any atom is 0.287 e. The molecule has 0 atom stereocenters. The molecule has 9 heteroatoms. The minimum absolute atomic E-state index is 0.00337. The fourth-order valence-electron chi connectivity index (χ4n) is 1.92. The number of nitrogens with zero attached hydrogens (tertiary/aromatic N) is 2. The SMILES string of the molecule is O=S1(=O)N=C(NCc2ccncc2)Nc2cc(Cl)c(Cl)cc21. The van der Waals surface area contributed by atoms with E-state index in [1.807, 2.05) is 12.1 Å². The fraction of sp³-hybridized carbons (Fsp3) is 0.0769. The normalized spacial score (nSPS) is 15.5. The van der Waals surface area contributed by atoms with Gasteiger partial charge in [-0.15, -0.1) is 4.40 Å². The van der Waals surface area contributed by atoms with Gasteiger partial charge in [-0.1, -0.05) is 23.2 Å². The van der Waals surface area contributed by atoms with Crippen LogP contribution in [0.1, 0.15) is 5.56 Å². The second-order valence-corrected chi connectivity index (χ2v) is 6.90. The van der Waals surface area contributed by atoms with Crippen LogP contribution in [0.5, 0.6) is 0 Å². The summed E-state index contributed by atoms with van der Waals surface area (Å²) in [5.74, 6) is 0.128. The Kier molecular flexibility index (Phi) is 3.94. The molecule has 0 bridgehead atoms. The molecule has 0 spiro atoms. The highest BCUT2D eigenvalue weighted by Crippen LogP contribution is 2.34. The van der Waals surface area contributed by atoms with Crippen molar-refractivity contribution < 1.29 is 8.42 Å². The smallest absolute Gasteiger partial charge is 0.287 e. The summed E-state index contributed by atoms with van der Waals surface area (Å²) in [6.07, 6.45) is 3.31. The molecule has 1 aromatic carbocycles. The van der Waals surface area contributed by atoms with Crippen molar-refractivity contribution >= 4 is 44.9 Å². The molecule has 22 heavy (non-hydrogen) atoms. The van der Waals surface area contributed by atoms with Gasteiger partial charge in [0.05, 0.1) is 15.7 Å². The summed E-state index contributed by atoms with van der Waals surface area (Å²) < 4.78 is 28.0. The lowest BCUT2D eigenvalue weighted by atomic mass is 10.3. The summed E-state index contributed by atoms with van der Waals surface area (Å²) in [5, 5.41) is 6.24. The lowest BCUT2D eigenvalue weighted by Gasteiger charge is -2.19. The van der Waals surface area contributed by atoms with Crippen molar-refractivity contribution in [1.82, 2.24) is 10.3 Å². The first kappa shape index (κ1) is 15.1. The van der Waals surface area contributed by atoms with E-state index in [1.54, 1.807) is 12.4 Å². The summed E-state index contributed by atoms with van der Waals surface area (Å²) in [5.41, 5.74) is 1.28. The third-order valence-electron chi connectivity index (χ3n) is 2.97. The fourth-order valence-corrected chi connectivity index (χ4v) is 3.42. The van der Waals surface area contributed by atoms with E-state index < -0.39 is 10.0 Å². The van der Waals surface area contributed by atoms with E-state index in [0.717, 1.165) is 5.56 Å². The van der Waals surface area contributed by atoms with E-state index in [0.29, 0.717) is 12.2 Å². The van der Waals surface area contributed by atoms with E-state index in [4.69, 9.17) is 23.2 Å². The van der Waals surface area contributed by atoms with Gasteiger partial charge in [-0.25, -0.2) is 0 Å². The van der Waals surface area contributed by atoms with E-state index in [9.17, 15) is 8.42 Å². The molecule has 0 unspecified atom stereocenters. The Balaban J connectivity index is 1.87. The molecule has 2 N–H and O–H groups in total. The van der Waals surface area contributed by atoms with Gasteiger partial charge < -0.3 is 10.6 Å². The van der Waals surface area contributed by atoms with Crippen LogP contribution in [-0.2, 0) is 16.6 Å². The average Bonchev–Trinajstić information content (AvgIpc) is 2.48. The van der Waals surface area contributed by atoms with Crippen LogP contribution >= 0.6 is 23.2 Å². The van der Waals surface area contributed by atoms with Gasteiger partial charge in [0.15, 0.2) is 0 Å². The van der Waals surface area contributed by atoms with Gasteiger partial charge in [-0.05, 0) is 29.8 Å². The number of hydrogen-bond donors (Lipinski definition) is 2. The summed E-state index contributed by atoms with van der Waals surface area (Å²) in [6, 6.07) is 6.37. The average molecular weight is 357 g/mol. The number of aromatic nitrogens is 1. The zero-order valence-electron chi connectivity index (χ0n) is 11.0. The van der Waals surface area contributed by atoms with E-state index in [2.05, 4.69) is 20.0 Å². The van der Waals surface area contributed by atoms with E-state index in [-0.39, 0.29) is 20.9 Å². The van der Waals surface area contributed by atoms with E-state index >= 15 is 0 Å². The Hall–Kier alpha value is -1.83. The van der Waals surface area contributed by atoms with Crippen LogP contribution in [0, 0.1) is 0 Å². The van der Waals surface area contributed by atoms with E-state index in [1.165, 1.54) is 12.1 Å². The number of pyridine rings is 1. The molecule has 0 amide bonds. The van der Waals surface area contributed by atoms with Gasteiger partial charge in [-0.2, -0.15) is 8.42 Å². The van der Waals surface area contributed by atoms with Crippen LogP contribution in [0.25, 0.3) is 0 Å². The predicted octanol–water partition coefficient (Wildman–Crippen LogP) is 2.65. The van der Waals surface area contributed by atoms with Crippen LogP contribution in [0.2, 0.25) is 10.0 Å². The molecule has 6 nitrogen and oxygen atoms in total. The molecular weight excluding hydrogens is 347 g/mol. The summed E-state index contributed by atoms with van der Waals surface area (Å²) >= 11 is 11.8. The lowest BCUT2D eigenvalue weighted by molar-refractivity contribution is 0.597. The zero-order valence-corrected chi connectivity index (χ0v) is 13.4. The number of nitrogens with one attached hydrogen (secondary N) is 2. The second-order valence-electron chi connectivity index (χ2n) is 4.51. The number of fused-ring (bicyclic) bond motifs is 1. The van der Waals surface area contributed by atoms with Crippen molar-refractivity contribution in [2.24, 2.45) is 4.40 Å². The number of benzene rings is 1. The van der Waals surface area contributed by atoms with Crippen molar-refractivity contribution in [3.63, 3.8) is 0 Å². The first-order chi connectivity index (χ1) is 10.5. The number of anilines is 1. The Labute approximate surface area is 137 Å². The third-order valence-corrected chi connectivity index (χ3v) is 5.01. The number of halogens is 2. The molecule has 114 valence electrons. The van der Waals surface area contributed by atoms with Gasteiger partial charge in [-0.3, -0.25) is 4.98 Å². The van der Waals surface area contributed by atoms with Crippen molar-refractivity contribution in [3.05, 3.63) is 52.3 Å². The first-order valence-corrected chi connectivity index (χ1v) is 8.39. The Bertz CT molecular complexity index is 854. The minimum Gasteiger partial charge on any atom is -0.351 e. The van der Waals surface area contributed by atoms with Crippen LogP contribution in [0.4, 0.5) is 5.69 Å². The van der Waals surface area contributed by atoms with Crippen LogP contribution in [0.3, 0.4) is 0 Å². The summed E-state index contributed by atoms with van der Waals surface area (Å²) in [7, 11) is -3.83. The Morgan fingerprint density at radius 3 is 2.55 bits per heavy atom. The largest absolute Gasteiger partial charge is 0.351 e. The quantitative estimate of drug-likeness (QED) is 0.863. The third kappa shape index (κ3) is 3.01. The highest BCUT2D eigenvalue weighted by Gasteiger charge is 2.26. The van der Waals surface area contributed by atoms with Crippen LogP contribution < -0.4 is 10.6 Å². The molecule has 0 radical (unpaired) electrons. The monoisotopic (exact) mass is 356 g/mol. The summed E-state index contributed by atoms with van der Waals surface area (Å²) in [4.78, 5) is 3.91. The molecule has 0 saturated heterocycles. The van der Waals surface area contributed by atoms with Crippen molar-refractivity contribution in [2.75, 3.05) is 5.32 Å². The van der Waals surface area contributed by atoms with Gasteiger partial charge >= 0.3 is 0 Å². The van der Waals surface area contributed by atoms with Crippen LogP contribution in [0.15, 0.2) is 46.0 Å². The van der Waals surface area contributed by atoms with Crippen LogP contribution in [-0.4, -0.2) is 19.4 Å². The Morgan fingerprint density at radius 2 is 1.82 bits per heavy atom. The summed E-state index contributed by atoms with van der Waals surface area (Å²) in [6.45, 7) is 0.403. The van der Waals surface area contributed by atoms with Gasteiger partial charge in [0.25, 0.3) is 10.0 Å². The number of sulfonamides is 1. The Morgan fingerprint density at radius 1 is 1.14 bits per heavy atom. The van der Waals surface area contributed by atoms with Crippen molar-refractivity contribution in [3.8, 4) is 0 Å². The predicted molar refractivity (Wildman–Crippen MR) is 85.8 cm³/mol. The first-order valence-electron chi connectivity index (χ1n) is 6.19. The molecule has 2 heterocycles. The molecule has 3 rings (SSSR count). The molecule has 0 fully saturated rings. The topological polar surface area (TPSA) is 83.5 Å².